The number of anilines is 6. The molecule has 2 aromatic heterocycles. The van der Waals surface area contributed by atoms with Gasteiger partial charge in [0.15, 0.2) is 0 Å². The van der Waals surface area contributed by atoms with Gasteiger partial charge in [0.25, 0.3) is 0 Å². The molecule has 0 atom stereocenters. The predicted molar refractivity (Wildman–Crippen MR) is 303 cm³/mol. The molecule has 0 aliphatic heterocycles. The summed E-state index contributed by atoms with van der Waals surface area (Å²) in [5.41, 5.74) is 17.5. The second-order valence-corrected chi connectivity index (χ2v) is 18.1. The van der Waals surface area contributed by atoms with Crippen LogP contribution >= 0.6 is 0 Å². The molecule has 0 spiro atoms. The largest absolute Gasteiger partial charge is 0.311 e. The van der Waals surface area contributed by atoms with E-state index < -0.39 is 0 Å². The molecule has 0 N–H and O–H groups in total. The van der Waals surface area contributed by atoms with Gasteiger partial charge < -0.3 is 9.80 Å². The molecule has 0 saturated heterocycles. The SMILES string of the molecule is c1ccc(N(c2ccccc2)c2ccc(N(c3ccccc3)c3cccc4c(-c5ccccc5-c5ccc6cccnc6c5)c5ccccc5c(-c5ccccc5-c5ccc6cccnc6c5)c34)cc2)cc1. The van der Waals surface area contributed by atoms with Crippen molar-refractivity contribution in [1.29, 1.82) is 0 Å². The molecule has 0 amide bonds. The van der Waals surface area contributed by atoms with Crippen LogP contribution in [0.1, 0.15) is 0 Å². The Kier molecular flexibility index (Phi) is 10.8. The summed E-state index contributed by atoms with van der Waals surface area (Å²) in [4.78, 5) is 14.3. The number of fused-ring (bicyclic) bond motifs is 4. The minimum Gasteiger partial charge on any atom is -0.311 e. The zero-order valence-electron chi connectivity index (χ0n) is 39.3. The van der Waals surface area contributed by atoms with Crippen LogP contribution in [0.5, 0.6) is 0 Å². The Hall–Kier alpha value is -9.64. The predicted octanol–water partition coefficient (Wildman–Crippen LogP) is 18.7. The number of benzene rings is 11. The fraction of sp³-hybridized carbons (Fsp3) is 0. The lowest BCUT2D eigenvalue weighted by Crippen LogP contribution is -2.12. The molecule has 0 aliphatic rings. The van der Waals surface area contributed by atoms with Gasteiger partial charge in [-0.2, -0.15) is 0 Å². The number of pyridine rings is 2. The molecular weight excluding hydrogens is 873 g/mol. The maximum Gasteiger partial charge on any atom is 0.0708 e. The molecule has 338 valence electrons. The molecule has 0 aliphatic carbocycles. The van der Waals surface area contributed by atoms with E-state index in [4.69, 9.17) is 9.97 Å². The number of hydrogen-bond donors (Lipinski definition) is 0. The summed E-state index contributed by atoms with van der Waals surface area (Å²) in [7, 11) is 0. The second-order valence-electron chi connectivity index (χ2n) is 18.1. The third-order valence-corrected chi connectivity index (χ3v) is 13.9. The van der Waals surface area contributed by atoms with Gasteiger partial charge in [0.1, 0.15) is 0 Å². The number of hydrogen-bond acceptors (Lipinski definition) is 4. The first-order chi connectivity index (χ1) is 35.7. The molecule has 72 heavy (non-hydrogen) atoms. The third-order valence-electron chi connectivity index (χ3n) is 13.9. The summed E-state index contributed by atoms with van der Waals surface area (Å²) in [6.45, 7) is 0. The van der Waals surface area contributed by atoms with Crippen LogP contribution in [0.25, 0.3) is 87.9 Å². The summed E-state index contributed by atoms with van der Waals surface area (Å²) < 4.78 is 0. The third kappa shape index (κ3) is 7.59. The maximum atomic E-state index is 4.81. The lowest BCUT2D eigenvalue weighted by Gasteiger charge is -2.30. The number of para-hydroxylation sites is 3. The molecule has 0 bridgehead atoms. The minimum absolute atomic E-state index is 0.966. The zero-order chi connectivity index (χ0) is 47.8. The van der Waals surface area contributed by atoms with Crippen LogP contribution in [0.4, 0.5) is 34.1 Å². The van der Waals surface area contributed by atoms with E-state index in [1.807, 2.05) is 24.5 Å². The fourth-order valence-corrected chi connectivity index (χ4v) is 10.7. The molecule has 13 rings (SSSR count). The van der Waals surface area contributed by atoms with Crippen molar-refractivity contribution in [2.24, 2.45) is 0 Å². The Bertz CT molecular complexity index is 4060. The Morgan fingerprint density at radius 3 is 1.19 bits per heavy atom. The molecule has 0 unspecified atom stereocenters. The molecule has 4 nitrogen and oxygen atoms in total. The van der Waals surface area contributed by atoms with Crippen molar-refractivity contribution in [2.75, 3.05) is 9.80 Å². The topological polar surface area (TPSA) is 32.3 Å². The average molecular weight is 919 g/mol. The van der Waals surface area contributed by atoms with Gasteiger partial charge in [-0.1, -0.05) is 176 Å². The van der Waals surface area contributed by atoms with E-state index in [2.05, 4.69) is 265 Å². The second kappa shape index (κ2) is 18.4. The van der Waals surface area contributed by atoms with E-state index >= 15 is 0 Å². The molecule has 4 heteroatoms. The van der Waals surface area contributed by atoms with E-state index in [0.29, 0.717) is 0 Å². The van der Waals surface area contributed by atoms with Gasteiger partial charge in [-0.15, -0.1) is 0 Å². The Balaban J connectivity index is 1.11. The van der Waals surface area contributed by atoms with E-state index in [9.17, 15) is 0 Å². The standard InChI is InChI=1S/C68H46N4/c1-4-21-51(22-5-1)71(52-23-6-2-7-24-52)54-39-41-55(42-40-54)72(53-25-8-3-9-26-53)65-34-16-33-62-66(58-29-12-10-27-56(58)49-37-35-47-19-17-43-69-63(47)45-49)60-31-14-15-32-61(60)67(68(62)65)59-30-13-11-28-57(59)50-38-36-48-20-18-44-70-64(48)46-50/h1-46H. The van der Waals surface area contributed by atoms with Crippen molar-refractivity contribution < 1.29 is 0 Å². The van der Waals surface area contributed by atoms with Crippen molar-refractivity contribution in [3.05, 3.63) is 279 Å². The van der Waals surface area contributed by atoms with Crippen molar-refractivity contribution in [3.8, 4) is 44.5 Å². The first-order valence-electron chi connectivity index (χ1n) is 24.5. The van der Waals surface area contributed by atoms with Crippen molar-refractivity contribution in [3.63, 3.8) is 0 Å². The molecule has 13 aromatic rings. The number of aromatic nitrogens is 2. The van der Waals surface area contributed by atoms with E-state index in [-0.39, 0.29) is 0 Å². The van der Waals surface area contributed by atoms with Gasteiger partial charge in [-0.25, -0.2) is 0 Å². The highest BCUT2D eigenvalue weighted by Gasteiger charge is 2.26. The van der Waals surface area contributed by atoms with Crippen LogP contribution in [0.15, 0.2) is 279 Å². The van der Waals surface area contributed by atoms with Crippen LogP contribution in [0.3, 0.4) is 0 Å². The number of nitrogens with zero attached hydrogens (tertiary/aromatic N) is 4. The first-order valence-corrected chi connectivity index (χ1v) is 24.5. The van der Waals surface area contributed by atoms with Gasteiger partial charge in [0, 0.05) is 62.6 Å². The van der Waals surface area contributed by atoms with E-state index in [1.54, 1.807) is 0 Å². The fourth-order valence-electron chi connectivity index (χ4n) is 10.7. The Morgan fingerprint density at radius 2 is 0.667 bits per heavy atom. The van der Waals surface area contributed by atoms with Gasteiger partial charge >= 0.3 is 0 Å². The Labute approximate surface area is 419 Å². The normalized spacial score (nSPS) is 11.3. The van der Waals surface area contributed by atoms with Crippen LogP contribution < -0.4 is 9.80 Å². The van der Waals surface area contributed by atoms with Gasteiger partial charge in [-0.3, -0.25) is 9.97 Å². The molecular formula is C68H46N4. The van der Waals surface area contributed by atoms with Crippen molar-refractivity contribution in [1.82, 2.24) is 9.97 Å². The smallest absolute Gasteiger partial charge is 0.0708 e. The quantitative estimate of drug-likeness (QED) is 0.128. The minimum atomic E-state index is 0.966. The molecule has 0 fully saturated rings. The first kappa shape index (κ1) is 42.5. The lowest BCUT2D eigenvalue weighted by atomic mass is 9.81. The number of rotatable bonds is 10. The van der Waals surface area contributed by atoms with Crippen molar-refractivity contribution in [2.45, 2.75) is 0 Å². The molecule has 11 aromatic carbocycles. The summed E-state index contributed by atoms with van der Waals surface area (Å²) in [6, 6.07) is 96.2. The summed E-state index contributed by atoms with van der Waals surface area (Å²) in [5.74, 6) is 0. The van der Waals surface area contributed by atoms with Crippen LogP contribution in [0, 0.1) is 0 Å². The monoisotopic (exact) mass is 918 g/mol. The van der Waals surface area contributed by atoms with E-state index in [1.165, 1.54) is 21.9 Å². The molecule has 0 saturated carbocycles. The van der Waals surface area contributed by atoms with Gasteiger partial charge in [0.2, 0.25) is 0 Å². The lowest BCUT2D eigenvalue weighted by molar-refractivity contribution is 1.26. The Morgan fingerprint density at radius 1 is 0.264 bits per heavy atom. The van der Waals surface area contributed by atoms with Crippen LogP contribution in [-0.2, 0) is 0 Å². The molecule has 0 radical (unpaired) electrons. The molecule has 2 heterocycles. The average Bonchev–Trinajstić information content (AvgIpc) is 3.46. The highest BCUT2D eigenvalue weighted by molar-refractivity contribution is 6.27. The van der Waals surface area contributed by atoms with Crippen LogP contribution in [0.2, 0.25) is 0 Å². The maximum absolute atomic E-state index is 4.81. The van der Waals surface area contributed by atoms with Crippen molar-refractivity contribution >= 4 is 77.5 Å². The summed E-state index contributed by atoms with van der Waals surface area (Å²) >= 11 is 0. The van der Waals surface area contributed by atoms with E-state index in [0.717, 1.165) is 100 Å². The van der Waals surface area contributed by atoms with Gasteiger partial charge in [-0.05, 0) is 146 Å². The summed E-state index contributed by atoms with van der Waals surface area (Å²) in [5, 5.41) is 6.87. The van der Waals surface area contributed by atoms with Crippen LogP contribution in [-0.4, -0.2) is 9.97 Å². The zero-order valence-corrected chi connectivity index (χ0v) is 39.3. The summed E-state index contributed by atoms with van der Waals surface area (Å²) in [6.07, 6.45) is 3.75. The van der Waals surface area contributed by atoms with Gasteiger partial charge in [0.05, 0.1) is 16.7 Å². The highest BCUT2D eigenvalue weighted by atomic mass is 15.2. The highest BCUT2D eigenvalue weighted by Crippen LogP contribution is 2.52.